The van der Waals surface area contributed by atoms with Crippen LogP contribution in [0.3, 0.4) is 0 Å². The van der Waals surface area contributed by atoms with Gasteiger partial charge in [-0.25, -0.2) is 4.98 Å². The number of nitrogens with one attached hydrogen (secondary N) is 1. The van der Waals surface area contributed by atoms with Crippen molar-refractivity contribution in [3.05, 3.63) is 29.8 Å². The molecule has 2 atom stereocenters. The smallest absolute Gasteiger partial charge is 0.233 e. The normalized spacial score (nSPS) is 20.7. The van der Waals surface area contributed by atoms with Gasteiger partial charge in [0, 0.05) is 17.6 Å². The van der Waals surface area contributed by atoms with Crippen molar-refractivity contribution in [2.45, 2.75) is 63.7 Å². The first kappa shape index (κ1) is 18.0. The van der Waals surface area contributed by atoms with Gasteiger partial charge in [0.2, 0.25) is 11.1 Å². The molecule has 5 nitrogen and oxygen atoms in total. The van der Waals surface area contributed by atoms with Crippen LogP contribution >= 0.6 is 11.8 Å². The Labute approximate surface area is 153 Å². The molecule has 0 spiro atoms. The van der Waals surface area contributed by atoms with E-state index < -0.39 is 0 Å². The Morgan fingerprint density at radius 2 is 1.92 bits per heavy atom. The Morgan fingerprint density at radius 3 is 2.56 bits per heavy atom. The number of amides is 1. The van der Waals surface area contributed by atoms with Crippen LogP contribution in [0.4, 0.5) is 0 Å². The van der Waals surface area contributed by atoms with E-state index in [1.165, 1.54) is 23.7 Å². The zero-order chi connectivity index (χ0) is 17.8. The number of nitrogens with zero attached hydrogens (tertiary/aromatic N) is 3. The van der Waals surface area contributed by atoms with Gasteiger partial charge in [0.1, 0.15) is 0 Å². The number of H-pyrrole nitrogens is 1. The number of carbonyl (C=O) groups is 1. The maximum atomic E-state index is 12.6. The lowest BCUT2D eigenvalue weighted by molar-refractivity contribution is -0.134. The van der Waals surface area contributed by atoms with Crippen LogP contribution in [0, 0.1) is 0 Å². The molecule has 1 aliphatic heterocycles. The average molecular weight is 359 g/mol. The first-order chi connectivity index (χ1) is 12.1. The van der Waals surface area contributed by atoms with Crippen molar-refractivity contribution < 1.29 is 4.79 Å². The lowest BCUT2D eigenvalue weighted by Crippen LogP contribution is -2.48. The summed E-state index contributed by atoms with van der Waals surface area (Å²) in [5.41, 5.74) is 2.31. The molecule has 1 aliphatic rings. The molecule has 2 aromatic rings. The zero-order valence-electron chi connectivity index (χ0n) is 15.2. The Bertz CT molecular complexity index is 702. The second-order valence-electron chi connectivity index (χ2n) is 6.74. The quantitative estimate of drug-likeness (QED) is 0.823. The highest BCUT2D eigenvalue weighted by atomic mass is 32.2. The molecule has 3 rings (SSSR count). The fourth-order valence-corrected chi connectivity index (χ4v) is 4.12. The average Bonchev–Trinajstić information content (AvgIpc) is 3.09. The summed E-state index contributed by atoms with van der Waals surface area (Å²) in [7, 11) is 0. The predicted octanol–water partition coefficient (Wildman–Crippen LogP) is 3.92. The van der Waals surface area contributed by atoms with E-state index in [-0.39, 0.29) is 5.91 Å². The Balaban J connectivity index is 1.60. The topological polar surface area (TPSA) is 61.9 Å². The standard InChI is InChI=1S/C19H26N4OS/c1-4-15-8-10-16(11-9-15)18-20-19(22-21-18)25-12-17(24)23-13(2)6-5-7-14(23)3/h8-11,13-14H,4-7,12H2,1-3H3,(H,20,21,22)/t13-,14+. The van der Waals surface area contributed by atoms with Gasteiger partial charge in [0.15, 0.2) is 5.82 Å². The van der Waals surface area contributed by atoms with E-state index in [1.807, 2.05) is 4.90 Å². The Hall–Kier alpha value is -1.82. The van der Waals surface area contributed by atoms with Crippen LogP contribution in [0.15, 0.2) is 29.4 Å². The zero-order valence-corrected chi connectivity index (χ0v) is 16.0. The van der Waals surface area contributed by atoms with E-state index >= 15 is 0 Å². The number of aryl methyl sites for hydroxylation is 1. The van der Waals surface area contributed by atoms with Crippen molar-refractivity contribution in [3.63, 3.8) is 0 Å². The van der Waals surface area contributed by atoms with Gasteiger partial charge < -0.3 is 4.90 Å². The molecule has 25 heavy (non-hydrogen) atoms. The van der Waals surface area contributed by atoms with Crippen LogP contribution < -0.4 is 0 Å². The lowest BCUT2D eigenvalue weighted by atomic mass is 9.98. The number of carbonyl (C=O) groups excluding carboxylic acids is 1. The maximum absolute atomic E-state index is 12.6. The summed E-state index contributed by atoms with van der Waals surface area (Å²) in [4.78, 5) is 19.1. The SMILES string of the molecule is CCc1ccc(-c2nc(SCC(=O)N3[C@H](C)CCC[C@@H]3C)n[nH]2)cc1. The number of aromatic nitrogens is 3. The number of rotatable bonds is 5. The van der Waals surface area contributed by atoms with E-state index in [9.17, 15) is 4.79 Å². The van der Waals surface area contributed by atoms with Crippen molar-refractivity contribution in [1.29, 1.82) is 0 Å². The molecule has 0 aliphatic carbocycles. The first-order valence-corrected chi connectivity index (χ1v) is 10.0. The van der Waals surface area contributed by atoms with E-state index in [0.717, 1.165) is 30.7 Å². The number of thioether (sulfide) groups is 1. The van der Waals surface area contributed by atoms with Crippen LogP contribution in [0.2, 0.25) is 0 Å². The minimum Gasteiger partial charge on any atom is -0.337 e. The fourth-order valence-electron chi connectivity index (χ4n) is 3.45. The lowest BCUT2D eigenvalue weighted by Gasteiger charge is -2.39. The summed E-state index contributed by atoms with van der Waals surface area (Å²) in [6.07, 6.45) is 4.42. The highest BCUT2D eigenvalue weighted by Gasteiger charge is 2.28. The third-order valence-electron chi connectivity index (χ3n) is 4.91. The minimum absolute atomic E-state index is 0.184. The van der Waals surface area contributed by atoms with Crippen molar-refractivity contribution in [1.82, 2.24) is 20.1 Å². The fraction of sp³-hybridized carbons (Fsp3) is 0.526. The minimum atomic E-state index is 0.184. The van der Waals surface area contributed by atoms with Crippen molar-refractivity contribution in [3.8, 4) is 11.4 Å². The molecule has 1 aromatic carbocycles. The van der Waals surface area contributed by atoms with Crippen LogP contribution in [0.1, 0.15) is 45.6 Å². The molecule has 1 amide bonds. The first-order valence-electron chi connectivity index (χ1n) is 9.04. The summed E-state index contributed by atoms with van der Waals surface area (Å²) < 4.78 is 0. The molecule has 0 bridgehead atoms. The monoisotopic (exact) mass is 358 g/mol. The summed E-state index contributed by atoms with van der Waals surface area (Å²) in [5.74, 6) is 1.32. The molecule has 1 aromatic heterocycles. The highest BCUT2D eigenvalue weighted by molar-refractivity contribution is 7.99. The van der Waals surface area contributed by atoms with Gasteiger partial charge in [-0.1, -0.05) is 43.0 Å². The summed E-state index contributed by atoms with van der Waals surface area (Å²) >= 11 is 1.40. The molecule has 1 fully saturated rings. The van der Waals surface area contributed by atoms with Crippen LogP contribution in [-0.4, -0.2) is 43.8 Å². The van der Waals surface area contributed by atoms with Crippen molar-refractivity contribution >= 4 is 17.7 Å². The molecule has 2 heterocycles. The third-order valence-corrected chi connectivity index (χ3v) is 5.74. The highest BCUT2D eigenvalue weighted by Crippen LogP contribution is 2.25. The van der Waals surface area contributed by atoms with E-state index in [0.29, 0.717) is 23.0 Å². The molecule has 0 radical (unpaired) electrons. The molecular formula is C19H26N4OS. The molecule has 134 valence electrons. The maximum Gasteiger partial charge on any atom is 0.233 e. The van der Waals surface area contributed by atoms with Crippen LogP contribution in [0.25, 0.3) is 11.4 Å². The molecule has 0 saturated carbocycles. The third kappa shape index (κ3) is 4.24. The molecule has 0 unspecified atom stereocenters. The van der Waals surface area contributed by atoms with Gasteiger partial charge >= 0.3 is 0 Å². The molecule has 6 heteroatoms. The summed E-state index contributed by atoms with van der Waals surface area (Å²) in [6, 6.07) is 8.97. The predicted molar refractivity (Wildman–Crippen MR) is 102 cm³/mol. The van der Waals surface area contributed by atoms with E-state index in [4.69, 9.17) is 0 Å². The van der Waals surface area contributed by atoms with Gasteiger partial charge in [0.05, 0.1) is 5.75 Å². The van der Waals surface area contributed by atoms with Gasteiger partial charge in [0.25, 0.3) is 0 Å². The molecule has 1 saturated heterocycles. The second-order valence-corrected chi connectivity index (χ2v) is 7.68. The Morgan fingerprint density at radius 1 is 1.24 bits per heavy atom. The van der Waals surface area contributed by atoms with E-state index in [2.05, 4.69) is 60.2 Å². The number of likely N-dealkylation sites (tertiary alicyclic amines) is 1. The van der Waals surface area contributed by atoms with Crippen LogP contribution in [-0.2, 0) is 11.2 Å². The largest absolute Gasteiger partial charge is 0.337 e. The van der Waals surface area contributed by atoms with Gasteiger partial charge in [-0.15, -0.1) is 5.10 Å². The number of benzene rings is 1. The second kappa shape index (κ2) is 8.04. The number of aromatic amines is 1. The molecular weight excluding hydrogens is 332 g/mol. The number of piperidine rings is 1. The Kier molecular flexibility index (Phi) is 5.78. The molecule has 1 N–H and O–H groups in total. The summed E-state index contributed by atoms with van der Waals surface area (Å²) in [6.45, 7) is 6.42. The van der Waals surface area contributed by atoms with Gasteiger partial charge in [-0.05, 0) is 45.1 Å². The van der Waals surface area contributed by atoms with Crippen molar-refractivity contribution in [2.75, 3.05) is 5.75 Å². The van der Waals surface area contributed by atoms with Crippen LogP contribution in [0.5, 0.6) is 0 Å². The van der Waals surface area contributed by atoms with E-state index in [1.54, 1.807) is 0 Å². The summed E-state index contributed by atoms with van der Waals surface area (Å²) in [5, 5.41) is 7.85. The number of hydrogen-bond donors (Lipinski definition) is 1. The van der Waals surface area contributed by atoms with Gasteiger partial charge in [-0.2, -0.15) is 0 Å². The van der Waals surface area contributed by atoms with Gasteiger partial charge in [-0.3, -0.25) is 9.89 Å². The number of hydrogen-bond acceptors (Lipinski definition) is 4. The van der Waals surface area contributed by atoms with Crippen molar-refractivity contribution in [2.24, 2.45) is 0 Å².